The number of guanidine groups is 1. The molecule has 0 bridgehead atoms. The van der Waals surface area contributed by atoms with E-state index in [1.165, 1.54) is 12.8 Å². The molecule has 0 radical (unpaired) electrons. The summed E-state index contributed by atoms with van der Waals surface area (Å²) in [5.41, 5.74) is 0. The van der Waals surface area contributed by atoms with E-state index < -0.39 is 10.0 Å². The van der Waals surface area contributed by atoms with Crippen LogP contribution >= 0.6 is 24.0 Å². The number of nitrogens with one attached hydrogen (secondary N) is 1. The SMILES string of the molecule is C=CCCCCCN(C)C(=NC)NCC1CCN(S(=O)(=O)c2ccccc2)CC1.I. The maximum absolute atomic E-state index is 12.7. The summed E-state index contributed by atoms with van der Waals surface area (Å²) >= 11 is 0. The summed E-state index contributed by atoms with van der Waals surface area (Å²) in [5.74, 6) is 1.36. The topological polar surface area (TPSA) is 65.0 Å². The van der Waals surface area contributed by atoms with Gasteiger partial charge >= 0.3 is 0 Å². The Hall–Kier alpha value is -1.13. The number of hydrogen-bond donors (Lipinski definition) is 1. The van der Waals surface area contributed by atoms with Crippen molar-refractivity contribution < 1.29 is 8.42 Å². The lowest BCUT2D eigenvalue weighted by molar-refractivity contribution is 0.272. The summed E-state index contributed by atoms with van der Waals surface area (Å²) in [6.45, 7) is 6.71. The van der Waals surface area contributed by atoms with Crippen LogP contribution in [0, 0.1) is 5.92 Å². The fourth-order valence-electron chi connectivity index (χ4n) is 3.64. The third-order valence-corrected chi connectivity index (χ3v) is 7.39. The molecule has 30 heavy (non-hydrogen) atoms. The van der Waals surface area contributed by atoms with Crippen LogP contribution in [-0.4, -0.2) is 63.9 Å². The molecule has 1 fully saturated rings. The number of hydrogen-bond acceptors (Lipinski definition) is 3. The van der Waals surface area contributed by atoms with Gasteiger partial charge in [-0.15, -0.1) is 30.6 Å². The molecule has 0 amide bonds. The van der Waals surface area contributed by atoms with Crippen molar-refractivity contribution in [3.05, 3.63) is 43.0 Å². The molecule has 0 aliphatic carbocycles. The van der Waals surface area contributed by atoms with Gasteiger partial charge in [-0.3, -0.25) is 4.99 Å². The summed E-state index contributed by atoms with van der Waals surface area (Å²) in [6, 6.07) is 8.71. The fourth-order valence-corrected chi connectivity index (χ4v) is 5.13. The summed E-state index contributed by atoms with van der Waals surface area (Å²) in [7, 11) is 0.501. The minimum atomic E-state index is -3.38. The van der Waals surface area contributed by atoms with Crippen molar-refractivity contribution in [1.82, 2.24) is 14.5 Å². The first kappa shape index (κ1) is 26.9. The van der Waals surface area contributed by atoms with E-state index in [9.17, 15) is 8.42 Å². The van der Waals surface area contributed by atoms with E-state index in [4.69, 9.17) is 0 Å². The Kier molecular flexibility index (Phi) is 12.6. The molecule has 0 saturated carbocycles. The third kappa shape index (κ3) is 8.19. The van der Waals surface area contributed by atoms with Gasteiger partial charge in [0.1, 0.15) is 0 Å². The maximum Gasteiger partial charge on any atom is 0.243 e. The van der Waals surface area contributed by atoms with E-state index in [1.54, 1.807) is 28.6 Å². The van der Waals surface area contributed by atoms with Crippen molar-refractivity contribution in [2.45, 2.75) is 43.4 Å². The van der Waals surface area contributed by atoms with Crippen LogP contribution in [0.5, 0.6) is 0 Å². The predicted octanol–water partition coefficient (Wildman–Crippen LogP) is 3.96. The molecule has 0 atom stereocenters. The zero-order chi connectivity index (χ0) is 21.1. The first-order valence-corrected chi connectivity index (χ1v) is 12.0. The molecule has 2 rings (SSSR count). The number of piperidine rings is 1. The summed E-state index contributed by atoms with van der Waals surface area (Å²) in [4.78, 5) is 6.94. The predicted molar refractivity (Wildman–Crippen MR) is 136 cm³/mol. The minimum Gasteiger partial charge on any atom is -0.356 e. The molecular weight excluding hydrogens is 511 g/mol. The standard InChI is InChI=1S/C22H36N4O2S.HI/c1-4-5-6-7-11-16-25(3)22(23-2)24-19-20-14-17-26(18-15-20)29(27,28)21-12-9-8-10-13-21;/h4,8-10,12-13,20H,1,5-7,11,14-19H2,2-3H3,(H,23,24);1H. The quantitative estimate of drug-likeness (QED) is 0.158. The molecule has 1 aliphatic heterocycles. The van der Waals surface area contributed by atoms with Crippen LogP contribution in [0.1, 0.15) is 38.5 Å². The summed E-state index contributed by atoms with van der Waals surface area (Å²) in [5, 5.41) is 3.47. The van der Waals surface area contributed by atoms with E-state index >= 15 is 0 Å². The third-order valence-electron chi connectivity index (χ3n) is 5.48. The second kappa shape index (κ2) is 14.0. The molecule has 8 heteroatoms. The van der Waals surface area contributed by atoms with Gasteiger partial charge in [0, 0.05) is 40.3 Å². The van der Waals surface area contributed by atoms with Gasteiger partial charge in [-0.1, -0.05) is 30.7 Å². The number of nitrogens with zero attached hydrogens (tertiary/aromatic N) is 3. The van der Waals surface area contributed by atoms with Crippen LogP contribution in [0.3, 0.4) is 0 Å². The maximum atomic E-state index is 12.7. The Labute approximate surface area is 199 Å². The van der Waals surface area contributed by atoms with Crippen molar-refractivity contribution in [2.24, 2.45) is 10.9 Å². The number of unbranched alkanes of at least 4 members (excludes halogenated alkanes) is 3. The first-order valence-electron chi connectivity index (χ1n) is 10.6. The van der Waals surface area contributed by atoms with Gasteiger partial charge in [-0.25, -0.2) is 8.42 Å². The van der Waals surface area contributed by atoms with Crippen LogP contribution in [0.25, 0.3) is 0 Å². The van der Waals surface area contributed by atoms with Crippen molar-refractivity contribution in [1.29, 1.82) is 0 Å². The van der Waals surface area contributed by atoms with Crippen LogP contribution < -0.4 is 5.32 Å². The Balaban J connectivity index is 0.00000450. The molecule has 1 saturated heterocycles. The molecule has 0 spiro atoms. The first-order chi connectivity index (χ1) is 14.0. The molecule has 1 aromatic carbocycles. The molecule has 1 aliphatic rings. The number of halogens is 1. The lowest BCUT2D eigenvalue weighted by atomic mass is 9.98. The molecule has 1 heterocycles. The highest BCUT2D eigenvalue weighted by Gasteiger charge is 2.29. The lowest BCUT2D eigenvalue weighted by Gasteiger charge is -2.32. The van der Waals surface area contributed by atoms with Crippen LogP contribution in [0.4, 0.5) is 0 Å². The normalized spacial score (nSPS) is 16.0. The summed E-state index contributed by atoms with van der Waals surface area (Å²) < 4.78 is 27.1. The average molecular weight is 549 g/mol. The Morgan fingerprint density at radius 2 is 1.90 bits per heavy atom. The molecule has 1 N–H and O–H groups in total. The molecule has 170 valence electrons. The van der Waals surface area contributed by atoms with E-state index in [0.717, 1.165) is 44.7 Å². The number of allylic oxidation sites excluding steroid dienone is 1. The van der Waals surface area contributed by atoms with Gasteiger partial charge in [0.25, 0.3) is 0 Å². The smallest absolute Gasteiger partial charge is 0.243 e. The Morgan fingerprint density at radius 1 is 1.23 bits per heavy atom. The second-order valence-corrected chi connectivity index (χ2v) is 9.59. The van der Waals surface area contributed by atoms with E-state index in [2.05, 4.69) is 28.8 Å². The van der Waals surface area contributed by atoms with Crippen LogP contribution in [-0.2, 0) is 10.0 Å². The van der Waals surface area contributed by atoms with Crippen molar-refractivity contribution in [3.63, 3.8) is 0 Å². The zero-order valence-electron chi connectivity index (χ0n) is 18.3. The number of rotatable bonds is 10. The number of benzene rings is 1. The van der Waals surface area contributed by atoms with Crippen molar-refractivity contribution in [2.75, 3.05) is 40.3 Å². The van der Waals surface area contributed by atoms with Gasteiger partial charge in [0.15, 0.2) is 5.96 Å². The molecular formula is C22H37IN4O2S. The van der Waals surface area contributed by atoms with Gasteiger partial charge in [0.05, 0.1) is 4.90 Å². The van der Waals surface area contributed by atoms with E-state index in [1.807, 2.05) is 19.2 Å². The Bertz CT molecular complexity index is 748. The monoisotopic (exact) mass is 548 g/mol. The lowest BCUT2D eigenvalue weighted by Crippen LogP contribution is -2.44. The molecule has 6 nitrogen and oxygen atoms in total. The molecule has 1 aromatic rings. The van der Waals surface area contributed by atoms with E-state index in [-0.39, 0.29) is 24.0 Å². The summed E-state index contributed by atoms with van der Waals surface area (Å²) in [6.07, 6.45) is 8.30. The zero-order valence-corrected chi connectivity index (χ0v) is 21.4. The number of aliphatic imine (C=N–C) groups is 1. The van der Waals surface area contributed by atoms with E-state index in [0.29, 0.717) is 23.9 Å². The molecule has 0 aromatic heterocycles. The van der Waals surface area contributed by atoms with Gasteiger partial charge in [0.2, 0.25) is 10.0 Å². The van der Waals surface area contributed by atoms with Crippen LogP contribution in [0.2, 0.25) is 0 Å². The number of sulfonamides is 1. The van der Waals surface area contributed by atoms with Crippen LogP contribution in [0.15, 0.2) is 52.9 Å². The highest BCUT2D eigenvalue weighted by atomic mass is 127. The second-order valence-electron chi connectivity index (χ2n) is 7.65. The largest absolute Gasteiger partial charge is 0.356 e. The van der Waals surface area contributed by atoms with Crippen molar-refractivity contribution in [3.8, 4) is 0 Å². The molecule has 0 unspecified atom stereocenters. The highest BCUT2D eigenvalue weighted by Crippen LogP contribution is 2.23. The average Bonchev–Trinajstić information content (AvgIpc) is 2.75. The fraction of sp³-hybridized carbons (Fsp3) is 0.591. The van der Waals surface area contributed by atoms with Gasteiger partial charge < -0.3 is 10.2 Å². The van der Waals surface area contributed by atoms with Gasteiger partial charge in [-0.2, -0.15) is 4.31 Å². The van der Waals surface area contributed by atoms with Gasteiger partial charge in [-0.05, 0) is 50.2 Å². The minimum absolute atomic E-state index is 0. The van der Waals surface area contributed by atoms with Crippen molar-refractivity contribution >= 4 is 40.0 Å². The highest BCUT2D eigenvalue weighted by molar-refractivity contribution is 14.0. The Morgan fingerprint density at radius 3 is 2.50 bits per heavy atom.